The van der Waals surface area contributed by atoms with Gasteiger partial charge < -0.3 is 24.8 Å². The van der Waals surface area contributed by atoms with Crippen molar-refractivity contribution >= 4 is 29.9 Å². The highest BCUT2D eigenvalue weighted by Gasteiger charge is 2.33. The van der Waals surface area contributed by atoms with Crippen LogP contribution in [-0.2, 0) is 11.3 Å². The number of ether oxygens (including phenoxy) is 3. The SMILES string of the molecule is CCOc1ccccc1Oc1ccc(CNC(=NC)NCC2(CCOC)CCCC2)cn1.I. The van der Waals surface area contributed by atoms with Crippen LogP contribution in [0.1, 0.15) is 44.6 Å². The summed E-state index contributed by atoms with van der Waals surface area (Å²) in [6, 6.07) is 11.5. The number of aliphatic imine (C=N–C) groups is 1. The van der Waals surface area contributed by atoms with Crippen molar-refractivity contribution in [3.8, 4) is 17.4 Å². The van der Waals surface area contributed by atoms with Gasteiger partial charge in [-0.2, -0.15) is 0 Å². The molecule has 1 aromatic heterocycles. The predicted octanol–water partition coefficient (Wildman–Crippen LogP) is 5.15. The first-order valence-corrected chi connectivity index (χ1v) is 11.5. The fraction of sp³-hybridized carbons (Fsp3) is 0.520. The molecule has 2 N–H and O–H groups in total. The number of rotatable bonds is 11. The van der Waals surface area contributed by atoms with E-state index >= 15 is 0 Å². The molecule has 0 amide bonds. The lowest BCUT2D eigenvalue weighted by Crippen LogP contribution is -2.43. The van der Waals surface area contributed by atoms with Crippen molar-refractivity contribution in [2.24, 2.45) is 10.4 Å². The molecule has 0 bridgehead atoms. The molecule has 182 valence electrons. The molecule has 33 heavy (non-hydrogen) atoms. The maximum Gasteiger partial charge on any atom is 0.219 e. The third kappa shape index (κ3) is 8.33. The van der Waals surface area contributed by atoms with Crippen LogP contribution in [0.2, 0.25) is 0 Å². The molecule has 1 aliphatic rings. The van der Waals surface area contributed by atoms with Crippen molar-refractivity contribution in [1.29, 1.82) is 0 Å². The highest BCUT2D eigenvalue weighted by molar-refractivity contribution is 14.0. The van der Waals surface area contributed by atoms with Gasteiger partial charge in [-0.1, -0.05) is 31.0 Å². The number of pyridine rings is 1. The summed E-state index contributed by atoms with van der Waals surface area (Å²) in [6.45, 7) is 4.89. The molecule has 7 nitrogen and oxygen atoms in total. The van der Waals surface area contributed by atoms with Crippen LogP contribution in [0, 0.1) is 5.41 Å². The number of hydrogen-bond donors (Lipinski definition) is 2. The number of para-hydroxylation sites is 2. The molecule has 2 aromatic rings. The Morgan fingerprint density at radius 1 is 1.09 bits per heavy atom. The predicted molar refractivity (Wildman–Crippen MR) is 143 cm³/mol. The van der Waals surface area contributed by atoms with Gasteiger partial charge in [0.15, 0.2) is 17.5 Å². The molecule has 0 spiro atoms. The molecule has 0 radical (unpaired) electrons. The van der Waals surface area contributed by atoms with E-state index in [2.05, 4.69) is 20.6 Å². The van der Waals surface area contributed by atoms with Crippen LogP contribution in [-0.4, -0.2) is 44.9 Å². The third-order valence-electron chi connectivity index (χ3n) is 5.98. The Bertz CT molecular complexity index is 855. The smallest absolute Gasteiger partial charge is 0.219 e. The number of benzene rings is 1. The summed E-state index contributed by atoms with van der Waals surface area (Å²) < 4.78 is 16.8. The molecular weight excluding hydrogens is 531 g/mol. The zero-order valence-corrected chi connectivity index (χ0v) is 22.3. The van der Waals surface area contributed by atoms with E-state index in [1.807, 2.05) is 49.5 Å². The number of aromatic nitrogens is 1. The van der Waals surface area contributed by atoms with Gasteiger partial charge in [-0.05, 0) is 49.3 Å². The maximum atomic E-state index is 5.90. The van der Waals surface area contributed by atoms with Gasteiger partial charge in [0.2, 0.25) is 5.88 Å². The van der Waals surface area contributed by atoms with Gasteiger partial charge in [0.05, 0.1) is 6.61 Å². The standard InChI is InChI=1S/C25H36N4O3.HI/c1-4-31-21-9-5-6-10-22(21)32-23-12-11-20(17-27-23)18-28-24(26-2)29-19-25(15-16-30-3)13-7-8-14-25;/h5-6,9-12,17H,4,7-8,13-16,18-19H2,1-3H3,(H2,26,28,29);1H. The number of hydrogen-bond acceptors (Lipinski definition) is 5. The molecule has 3 rings (SSSR count). The largest absolute Gasteiger partial charge is 0.490 e. The Kier molecular flexibility index (Phi) is 11.7. The summed E-state index contributed by atoms with van der Waals surface area (Å²) in [5.74, 6) is 2.71. The minimum absolute atomic E-state index is 0. The molecule has 0 saturated heterocycles. The van der Waals surface area contributed by atoms with E-state index in [1.54, 1.807) is 14.2 Å². The normalized spacial score (nSPS) is 14.9. The monoisotopic (exact) mass is 568 g/mol. The molecule has 0 unspecified atom stereocenters. The van der Waals surface area contributed by atoms with Gasteiger partial charge in [-0.3, -0.25) is 4.99 Å². The van der Waals surface area contributed by atoms with E-state index < -0.39 is 0 Å². The van der Waals surface area contributed by atoms with Crippen LogP contribution < -0.4 is 20.1 Å². The summed E-state index contributed by atoms with van der Waals surface area (Å²) in [7, 11) is 3.58. The number of halogens is 1. The van der Waals surface area contributed by atoms with Crippen LogP contribution in [0.25, 0.3) is 0 Å². The topological polar surface area (TPSA) is 77.0 Å². The van der Waals surface area contributed by atoms with E-state index in [0.717, 1.165) is 31.1 Å². The lowest BCUT2D eigenvalue weighted by molar-refractivity contribution is 0.138. The zero-order valence-electron chi connectivity index (χ0n) is 19.9. The van der Waals surface area contributed by atoms with Gasteiger partial charge in [-0.25, -0.2) is 4.98 Å². The van der Waals surface area contributed by atoms with Crippen LogP contribution in [0.5, 0.6) is 17.4 Å². The van der Waals surface area contributed by atoms with Gasteiger partial charge in [0.25, 0.3) is 0 Å². The molecule has 1 fully saturated rings. The van der Waals surface area contributed by atoms with Gasteiger partial charge in [0, 0.05) is 46.1 Å². The summed E-state index contributed by atoms with van der Waals surface area (Å²) in [4.78, 5) is 8.82. The molecule has 1 aliphatic carbocycles. The molecule has 1 heterocycles. The maximum absolute atomic E-state index is 5.90. The first-order valence-electron chi connectivity index (χ1n) is 11.5. The van der Waals surface area contributed by atoms with Crippen LogP contribution >= 0.6 is 24.0 Å². The Balaban J connectivity index is 0.00000385. The Labute approximate surface area is 214 Å². The van der Waals surface area contributed by atoms with Gasteiger partial charge in [0.1, 0.15) is 0 Å². The second kappa shape index (κ2) is 14.2. The summed E-state index contributed by atoms with van der Waals surface area (Å²) in [5, 5.41) is 6.90. The second-order valence-corrected chi connectivity index (χ2v) is 8.22. The van der Waals surface area contributed by atoms with Crippen molar-refractivity contribution in [2.75, 3.05) is 33.9 Å². The van der Waals surface area contributed by atoms with E-state index in [1.165, 1.54) is 25.7 Å². The lowest BCUT2D eigenvalue weighted by atomic mass is 9.83. The van der Waals surface area contributed by atoms with Crippen molar-refractivity contribution < 1.29 is 14.2 Å². The van der Waals surface area contributed by atoms with E-state index in [9.17, 15) is 0 Å². The number of nitrogens with one attached hydrogen (secondary N) is 2. The van der Waals surface area contributed by atoms with Gasteiger partial charge in [-0.15, -0.1) is 24.0 Å². The second-order valence-electron chi connectivity index (χ2n) is 8.22. The highest BCUT2D eigenvalue weighted by atomic mass is 127. The zero-order chi connectivity index (χ0) is 22.7. The first-order chi connectivity index (χ1) is 15.7. The summed E-state index contributed by atoms with van der Waals surface area (Å²) in [5.41, 5.74) is 1.36. The molecular formula is C25H37IN4O3. The van der Waals surface area contributed by atoms with Crippen LogP contribution in [0.4, 0.5) is 0 Å². The fourth-order valence-electron chi connectivity index (χ4n) is 4.13. The van der Waals surface area contributed by atoms with Crippen molar-refractivity contribution in [3.63, 3.8) is 0 Å². The Hall–Kier alpha value is -2.07. The van der Waals surface area contributed by atoms with Crippen molar-refractivity contribution in [1.82, 2.24) is 15.6 Å². The van der Waals surface area contributed by atoms with Gasteiger partial charge >= 0.3 is 0 Å². The van der Waals surface area contributed by atoms with Crippen molar-refractivity contribution in [2.45, 2.75) is 45.6 Å². The number of nitrogens with zero attached hydrogens (tertiary/aromatic N) is 2. The highest BCUT2D eigenvalue weighted by Crippen LogP contribution is 2.40. The average Bonchev–Trinajstić information content (AvgIpc) is 3.29. The first kappa shape index (κ1) is 27.2. The van der Waals surface area contributed by atoms with Crippen LogP contribution in [0.3, 0.4) is 0 Å². The van der Waals surface area contributed by atoms with E-state index in [4.69, 9.17) is 14.2 Å². The molecule has 1 saturated carbocycles. The average molecular weight is 569 g/mol. The van der Waals surface area contributed by atoms with Crippen LogP contribution in [0.15, 0.2) is 47.6 Å². The minimum Gasteiger partial charge on any atom is -0.490 e. The Morgan fingerprint density at radius 3 is 2.48 bits per heavy atom. The quantitative estimate of drug-likeness (QED) is 0.222. The summed E-state index contributed by atoms with van der Waals surface area (Å²) in [6.07, 6.45) is 8.00. The van der Waals surface area contributed by atoms with Crippen molar-refractivity contribution in [3.05, 3.63) is 48.2 Å². The van der Waals surface area contributed by atoms with E-state index in [-0.39, 0.29) is 24.0 Å². The molecule has 8 heteroatoms. The lowest BCUT2D eigenvalue weighted by Gasteiger charge is -2.30. The third-order valence-corrected chi connectivity index (χ3v) is 5.98. The number of guanidine groups is 1. The summed E-state index contributed by atoms with van der Waals surface area (Å²) >= 11 is 0. The molecule has 0 atom stereocenters. The Morgan fingerprint density at radius 2 is 1.85 bits per heavy atom. The molecule has 0 aliphatic heterocycles. The minimum atomic E-state index is 0. The molecule has 1 aromatic carbocycles. The van der Waals surface area contributed by atoms with E-state index in [0.29, 0.717) is 35.9 Å². The number of methoxy groups -OCH3 is 1. The fourth-order valence-corrected chi connectivity index (χ4v) is 4.13.